The summed E-state index contributed by atoms with van der Waals surface area (Å²) in [4.78, 5) is 0. The van der Waals surface area contributed by atoms with E-state index >= 15 is 0 Å². The zero-order valence-corrected chi connectivity index (χ0v) is 10.7. The summed E-state index contributed by atoms with van der Waals surface area (Å²) in [6, 6.07) is 16.8. The quantitative estimate of drug-likeness (QED) is 0.876. The zero-order chi connectivity index (χ0) is 11.5. The van der Waals surface area contributed by atoms with Crippen LogP contribution in [0.4, 0.5) is 0 Å². The second kappa shape index (κ2) is 4.81. The van der Waals surface area contributed by atoms with E-state index < -0.39 is 0 Å². The Hall–Kier alpha value is -1.12. The molecule has 0 saturated heterocycles. The Morgan fingerprint density at radius 3 is 1.75 bits per heavy atom. The highest BCUT2D eigenvalue weighted by Crippen LogP contribution is 2.23. The van der Waals surface area contributed by atoms with Crippen LogP contribution >= 0.6 is 15.9 Å². The predicted octanol–water partition coefficient (Wildman–Crippen LogP) is 4.14. The van der Waals surface area contributed by atoms with E-state index in [0.29, 0.717) is 0 Å². The van der Waals surface area contributed by atoms with Crippen molar-refractivity contribution in [3.63, 3.8) is 0 Å². The maximum Gasteiger partial charge on any atom is 0.0266 e. The van der Waals surface area contributed by atoms with Crippen molar-refractivity contribution in [2.75, 3.05) is 0 Å². The molecule has 0 fully saturated rings. The molecule has 2 aromatic rings. The normalized spacial score (nSPS) is 12.4. The van der Waals surface area contributed by atoms with Gasteiger partial charge in [0.15, 0.2) is 0 Å². The molecule has 2 heteroatoms. The largest absolute Gasteiger partial charge is 0.324 e. The molecule has 2 N–H and O–H groups in total. The van der Waals surface area contributed by atoms with Crippen LogP contribution in [-0.4, -0.2) is 0 Å². The van der Waals surface area contributed by atoms with Crippen LogP contribution in [0.25, 0.3) is 11.1 Å². The lowest BCUT2D eigenvalue weighted by Crippen LogP contribution is -2.04. The highest BCUT2D eigenvalue weighted by molar-refractivity contribution is 9.10. The number of rotatable bonds is 2. The van der Waals surface area contributed by atoms with Crippen LogP contribution in [0.1, 0.15) is 18.5 Å². The van der Waals surface area contributed by atoms with Gasteiger partial charge < -0.3 is 5.73 Å². The first kappa shape index (κ1) is 11.4. The van der Waals surface area contributed by atoms with Crippen LogP contribution in [0.5, 0.6) is 0 Å². The van der Waals surface area contributed by atoms with Gasteiger partial charge in [0.25, 0.3) is 0 Å². The lowest BCUT2D eigenvalue weighted by atomic mass is 10.0. The average Bonchev–Trinajstić information content (AvgIpc) is 2.30. The molecule has 0 amide bonds. The van der Waals surface area contributed by atoms with E-state index in [1.165, 1.54) is 16.7 Å². The summed E-state index contributed by atoms with van der Waals surface area (Å²) in [5.74, 6) is 0. The number of hydrogen-bond donors (Lipinski definition) is 1. The van der Waals surface area contributed by atoms with E-state index in [1.54, 1.807) is 0 Å². The number of hydrogen-bond acceptors (Lipinski definition) is 1. The second-order valence-electron chi connectivity index (χ2n) is 3.92. The molecule has 1 nitrogen and oxygen atoms in total. The topological polar surface area (TPSA) is 26.0 Å². The third-order valence-electron chi connectivity index (χ3n) is 2.61. The van der Waals surface area contributed by atoms with Gasteiger partial charge in [0.2, 0.25) is 0 Å². The third kappa shape index (κ3) is 2.52. The maximum atomic E-state index is 5.82. The molecule has 0 heterocycles. The van der Waals surface area contributed by atoms with Crippen LogP contribution in [-0.2, 0) is 0 Å². The summed E-state index contributed by atoms with van der Waals surface area (Å²) in [6.07, 6.45) is 0. The zero-order valence-electron chi connectivity index (χ0n) is 9.15. The Morgan fingerprint density at radius 2 is 1.31 bits per heavy atom. The van der Waals surface area contributed by atoms with Crippen LogP contribution in [0, 0.1) is 0 Å². The summed E-state index contributed by atoms with van der Waals surface area (Å²) in [6.45, 7) is 1.99. The SMILES string of the molecule is C[C@@H](N)c1ccc(-c2ccc(Br)cc2)cc1. The predicted molar refractivity (Wildman–Crippen MR) is 72.2 cm³/mol. The fraction of sp³-hybridized carbons (Fsp3) is 0.143. The van der Waals surface area contributed by atoms with Gasteiger partial charge in [-0.15, -0.1) is 0 Å². The Balaban J connectivity index is 2.31. The summed E-state index contributed by atoms with van der Waals surface area (Å²) in [5, 5.41) is 0. The van der Waals surface area contributed by atoms with Gasteiger partial charge in [-0.25, -0.2) is 0 Å². The molecule has 0 saturated carbocycles. The Labute approximate surface area is 104 Å². The summed E-state index contributed by atoms with van der Waals surface area (Å²) < 4.78 is 1.10. The van der Waals surface area contributed by atoms with Crippen molar-refractivity contribution >= 4 is 15.9 Å². The van der Waals surface area contributed by atoms with E-state index in [4.69, 9.17) is 5.73 Å². The molecule has 1 atom stereocenters. The molecular formula is C14H14BrN. The van der Waals surface area contributed by atoms with Gasteiger partial charge in [-0.2, -0.15) is 0 Å². The standard InChI is InChI=1S/C14H14BrN/c1-10(16)11-2-4-12(5-3-11)13-6-8-14(15)9-7-13/h2-10H,16H2,1H3/t10-/m1/s1. The minimum Gasteiger partial charge on any atom is -0.324 e. The Morgan fingerprint density at radius 1 is 0.875 bits per heavy atom. The molecule has 0 spiro atoms. The van der Waals surface area contributed by atoms with Crippen LogP contribution in [0.2, 0.25) is 0 Å². The number of benzene rings is 2. The fourth-order valence-corrected chi connectivity index (χ4v) is 1.89. The van der Waals surface area contributed by atoms with Crippen molar-refractivity contribution in [1.29, 1.82) is 0 Å². The monoisotopic (exact) mass is 275 g/mol. The van der Waals surface area contributed by atoms with Crippen LogP contribution in [0.3, 0.4) is 0 Å². The second-order valence-corrected chi connectivity index (χ2v) is 4.83. The van der Waals surface area contributed by atoms with Gasteiger partial charge in [-0.05, 0) is 35.7 Å². The lowest BCUT2D eigenvalue weighted by molar-refractivity contribution is 0.818. The number of nitrogens with two attached hydrogens (primary N) is 1. The average molecular weight is 276 g/mol. The van der Waals surface area contributed by atoms with Gasteiger partial charge >= 0.3 is 0 Å². The van der Waals surface area contributed by atoms with Crippen LogP contribution < -0.4 is 5.73 Å². The number of halogens is 1. The van der Waals surface area contributed by atoms with Crippen molar-refractivity contribution < 1.29 is 0 Å². The molecule has 2 aromatic carbocycles. The van der Waals surface area contributed by atoms with Gasteiger partial charge in [-0.3, -0.25) is 0 Å². The van der Waals surface area contributed by atoms with E-state index in [-0.39, 0.29) is 6.04 Å². The lowest BCUT2D eigenvalue weighted by Gasteiger charge is -2.07. The van der Waals surface area contributed by atoms with Crippen LogP contribution in [0.15, 0.2) is 53.0 Å². The first-order valence-electron chi connectivity index (χ1n) is 5.28. The summed E-state index contributed by atoms with van der Waals surface area (Å²) >= 11 is 3.43. The highest BCUT2D eigenvalue weighted by atomic mass is 79.9. The van der Waals surface area contributed by atoms with Crippen molar-refractivity contribution in [2.24, 2.45) is 5.73 Å². The van der Waals surface area contributed by atoms with E-state index in [9.17, 15) is 0 Å². The van der Waals surface area contributed by atoms with Crippen molar-refractivity contribution in [3.05, 3.63) is 58.6 Å². The van der Waals surface area contributed by atoms with Gasteiger partial charge in [0, 0.05) is 10.5 Å². The summed E-state index contributed by atoms with van der Waals surface area (Å²) in [7, 11) is 0. The molecule has 0 radical (unpaired) electrons. The maximum absolute atomic E-state index is 5.82. The van der Waals surface area contributed by atoms with Gasteiger partial charge in [-0.1, -0.05) is 52.3 Å². The molecular weight excluding hydrogens is 262 g/mol. The van der Waals surface area contributed by atoms with Crippen molar-refractivity contribution in [2.45, 2.75) is 13.0 Å². The molecule has 0 aliphatic carbocycles. The fourth-order valence-electron chi connectivity index (χ4n) is 1.62. The molecule has 16 heavy (non-hydrogen) atoms. The van der Waals surface area contributed by atoms with E-state index in [2.05, 4.69) is 64.5 Å². The molecule has 0 bridgehead atoms. The van der Waals surface area contributed by atoms with E-state index in [1.807, 2.05) is 6.92 Å². The summed E-state index contributed by atoms with van der Waals surface area (Å²) in [5.41, 5.74) is 9.42. The van der Waals surface area contributed by atoms with Crippen molar-refractivity contribution in [1.82, 2.24) is 0 Å². The molecule has 0 unspecified atom stereocenters. The van der Waals surface area contributed by atoms with E-state index in [0.717, 1.165) is 4.47 Å². The molecule has 2 rings (SSSR count). The first-order valence-corrected chi connectivity index (χ1v) is 6.07. The smallest absolute Gasteiger partial charge is 0.0266 e. The first-order chi connectivity index (χ1) is 7.66. The Kier molecular flexibility index (Phi) is 3.42. The van der Waals surface area contributed by atoms with Crippen molar-refractivity contribution in [3.8, 4) is 11.1 Å². The van der Waals surface area contributed by atoms with Gasteiger partial charge in [0.1, 0.15) is 0 Å². The minimum atomic E-state index is 0.0963. The molecule has 0 aliphatic heterocycles. The van der Waals surface area contributed by atoms with Gasteiger partial charge in [0.05, 0.1) is 0 Å². The molecule has 82 valence electrons. The molecule has 0 aliphatic rings. The Bertz CT molecular complexity index is 457. The highest BCUT2D eigenvalue weighted by Gasteiger charge is 2.00. The minimum absolute atomic E-state index is 0.0963. The third-order valence-corrected chi connectivity index (χ3v) is 3.14. The molecule has 0 aromatic heterocycles.